The lowest BCUT2D eigenvalue weighted by Crippen LogP contribution is -2.50. The summed E-state index contributed by atoms with van der Waals surface area (Å²) in [6.07, 6.45) is 1.95. The Bertz CT molecular complexity index is 1910. The van der Waals surface area contributed by atoms with Gasteiger partial charge in [0.05, 0.1) is 51.9 Å². The molecule has 3 aromatic heterocycles. The fraction of sp³-hybridized carbons (Fsp3) is 0.611. The molecule has 0 saturated carbocycles. The number of aliphatic carboxylic acids is 2. The van der Waals surface area contributed by atoms with Crippen LogP contribution in [0, 0.1) is 0 Å². The van der Waals surface area contributed by atoms with Gasteiger partial charge in [-0.2, -0.15) is 9.97 Å². The van der Waals surface area contributed by atoms with E-state index in [9.17, 15) is 44.0 Å². The topological polar surface area (TPSA) is 272 Å². The number of nitrogens with one attached hydrogen (secondary N) is 3. The average Bonchev–Trinajstić information content (AvgIpc) is 3.89. The lowest BCUT2D eigenvalue weighted by molar-refractivity contribution is -0.139. The molecule has 24 heteroatoms. The first kappa shape index (κ1) is 45.6. The van der Waals surface area contributed by atoms with E-state index in [2.05, 4.69) is 42.6 Å². The molecule has 2 fully saturated rings. The highest BCUT2D eigenvalue weighted by Gasteiger charge is 2.35. The average molecular weight is 847 g/mol. The zero-order chi connectivity index (χ0) is 43.3. The number of aliphatic hydroxyl groups excluding tert-OH is 1. The van der Waals surface area contributed by atoms with Crippen LogP contribution < -0.4 is 25.6 Å². The number of carboxylic acid groups (broad SMARTS) is 2. The molecule has 2 aliphatic heterocycles. The third-order valence-corrected chi connectivity index (χ3v) is 10.1. The minimum Gasteiger partial charge on any atom is -0.480 e. The highest BCUT2D eigenvalue weighted by molar-refractivity contribution is 5.88. The predicted octanol–water partition coefficient (Wildman–Crippen LogP) is -2.65. The number of carbonyl (C=O) groups excluding carboxylic acids is 2. The molecule has 0 unspecified atom stereocenters. The lowest BCUT2D eigenvalue weighted by atomic mass is 10.2. The fourth-order valence-corrected chi connectivity index (χ4v) is 6.99. The molecule has 2 aliphatic rings. The second-order valence-electron chi connectivity index (χ2n) is 14.7. The van der Waals surface area contributed by atoms with Gasteiger partial charge in [-0.3, -0.25) is 43.5 Å². The quantitative estimate of drug-likeness (QED) is 0.0391. The van der Waals surface area contributed by atoms with Crippen LogP contribution >= 0.6 is 0 Å². The number of rotatable bonds is 18. The van der Waals surface area contributed by atoms with E-state index >= 15 is 0 Å². The highest BCUT2D eigenvalue weighted by Crippen LogP contribution is 2.31. The van der Waals surface area contributed by atoms with Crippen molar-refractivity contribution in [2.75, 3.05) is 115 Å². The highest BCUT2D eigenvalue weighted by atomic mass is 19.1. The standard InChI is InChI=1S/C36H55FN14O9/c1-4-27(52)40-25-17-50(16-24(25)37)36-42-33(32-34(43-36)45(2)23-39-32)41-26-18-51(44-35(26)60-3)7-5-6-38-28(53)19-46-8-10-47(20-29(54)55)12-14-49(22-31(58)59)15-13-48(11-9-46)21-30(56)57/h4,18,23-25,31,58-59H,1,5-17,19-22H2,2-3H3,(H,38,53)(H,40,52)(H,54,55)(H,56,57)(H,41,42,43)/t24-,25-/m1/s1. The van der Waals surface area contributed by atoms with Crippen LogP contribution in [0.5, 0.6) is 5.88 Å². The van der Waals surface area contributed by atoms with Crippen LogP contribution in [0.2, 0.25) is 0 Å². The van der Waals surface area contributed by atoms with Gasteiger partial charge in [0.2, 0.25) is 17.8 Å². The molecular weight excluding hydrogens is 791 g/mol. The number of hydrogen-bond acceptors (Lipinski definition) is 17. The van der Waals surface area contributed by atoms with E-state index in [4.69, 9.17) is 4.74 Å². The van der Waals surface area contributed by atoms with Crippen molar-refractivity contribution in [1.82, 2.24) is 59.5 Å². The first-order valence-electron chi connectivity index (χ1n) is 19.6. The van der Waals surface area contributed by atoms with Gasteiger partial charge in [-0.15, -0.1) is 5.10 Å². The SMILES string of the molecule is C=CC(=O)N[C@@H]1CN(c2nc(Nc3cn(CCCNC(=O)CN4CCN(CC(=O)O)CCN(CC(O)O)CCN(CC(=O)O)CC4)nc3OC)c3ncn(C)c3n2)C[C@H]1F. The largest absolute Gasteiger partial charge is 0.480 e. The summed E-state index contributed by atoms with van der Waals surface area (Å²) in [5.74, 6) is -1.92. The summed E-state index contributed by atoms with van der Waals surface area (Å²) in [5.41, 5.74) is 1.42. The molecule has 0 bridgehead atoms. The molecule has 2 atom stereocenters. The zero-order valence-corrected chi connectivity index (χ0v) is 33.8. The van der Waals surface area contributed by atoms with Crippen molar-refractivity contribution in [1.29, 1.82) is 0 Å². The van der Waals surface area contributed by atoms with Crippen molar-refractivity contribution in [3.05, 3.63) is 25.2 Å². The van der Waals surface area contributed by atoms with Crippen LogP contribution in [-0.2, 0) is 32.8 Å². The number of methoxy groups -OCH3 is 1. The van der Waals surface area contributed by atoms with E-state index in [0.29, 0.717) is 94.5 Å². The lowest BCUT2D eigenvalue weighted by Gasteiger charge is -2.33. The number of aromatic nitrogens is 6. The molecular formula is C36H55FN14O9. The van der Waals surface area contributed by atoms with Gasteiger partial charge < -0.3 is 50.6 Å². The number of amides is 2. The summed E-state index contributed by atoms with van der Waals surface area (Å²) in [7, 11) is 3.25. The number of halogens is 1. The molecule has 330 valence electrons. The molecule has 60 heavy (non-hydrogen) atoms. The normalized spacial score (nSPS) is 19.2. The van der Waals surface area contributed by atoms with E-state index in [0.717, 1.165) is 6.08 Å². The monoisotopic (exact) mass is 846 g/mol. The summed E-state index contributed by atoms with van der Waals surface area (Å²) >= 11 is 0. The second-order valence-corrected chi connectivity index (χ2v) is 14.7. The van der Waals surface area contributed by atoms with Gasteiger partial charge in [-0.05, 0) is 12.5 Å². The first-order valence-corrected chi connectivity index (χ1v) is 19.6. The zero-order valence-electron chi connectivity index (χ0n) is 33.8. The number of aryl methyl sites for hydroxylation is 2. The number of fused-ring (bicyclic) bond motifs is 1. The van der Waals surface area contributed by atoms with Gasteiger partial charge in [0.1, 0.15) is 11.9 Å². The maximum Gasteiger partial charge on any atom is 0.317 e. The number of carbonyl (C=O) groups is 4. The van der Waals surface area contributed by atoms with Gasteiger partial charge in [-0.25, -0.2) is 9.37 Å². The summed E-state index contributed by atoms with van der Waals surface area (Å²) < 4.78 is 23.8. The third-order valence-electron chi connectivity index (χ3n) is 10.1. The Morgan fingerprint density at radius 2 is 1.57 bits per heavy atom. The summed E-state index contributed by atoms with van der Waals surface area (Å²) in [6.45, 7) is 6.36. The van der Waals surface area contributed by atoms with E-state index in [1.54, 1.807) is 48.4 Å². The summed E-state index contributed by atoms with van der Waals surface area (Å²) in [5, 5.41) is 51.4. The van der Waals surface area contributed by atoms with Crippen molar-refractivity contribution in [3.63, 3.8) is 0 Å². The fourth-order valence-electron chi connectivity index (χ4n) is 6.99. The van der Waals surface area contributed by atoms with Gasteiger partial charge in [0, 0.05) is 85.6 Å². The number of ether oxygens (including phenoxy) is 1. The smallest absolute Gasteiger partial charge is 0.317 e. The summed E-state index contributed by atoms with van der Waals surface area (Å²) in [6, 6.07) is -0.764. The van der Waals surface area contributed by atoms with Crippen LogP contribution in [0.3, 0.4) is 0 Å². The Morgan fingerprint density at radius 3 is 2.15 bits per heavy atom. The number of aliphatic hydroxyl groups is 2. The van der Waals surface area contributed by atoms with Crippen LogP contribution in [-0.4, -0.2) is 217 Å². The van der Waals surface area contributed by atoms with E-state index < -0.39 is 36.3 Å². The maximum absolute atomic E-state index is 14.9. The minimum atomic E-state index is -1.60. The Morgan fingerprint density at radius 1 is 0.950 bits per heavy atom. The Kier molecular flexibility index (Phi) is 16.4. The van der Waals surface area contributed by atoms with Crippen LogP contribution in [0.4, 0.5) is 21.8 Å². The minimum absolute atomic E-state index is 0.00472. The maximum atomic E-state index is 14.9. The number of carboxylic acids is 2. The number of nitrogens with zero attached hydrogens (tertiary/aromatic N) is 11. The molecule has 5 heterocycles. The van der Waals surface area contributed by atoms with Crippen molar-refractivity contribution < 1.29 is 48.7 Å². The van der Waals surface area contributed by atoms with Crippen LogP contribution in [0.1, 0.15) is 6.42 Å². The van der Waals surface area contributed by atoms with Gasteiger partial charge in [0.25, 0.3) is 5.88 Å². The molecule has 0 aliphatic carbocycles. The molecule has 7 N–H and O–H groups in total. The third kappa shape index (κ3) is 13.2. The summed E-state index contributed by atoms with van der Waals surface area (Å²) in [4.78, 5) is 70.7. The van der Waals surface area contributed by atoms with Gasteiger partial charge >= 0.3 is 11.9 Å². The molecule has 0 aromatic carbocycles. The van der Waals surface area contributed by atoms with E-state index in [1.165, 1.54) is 7.11 Å². The first-order chi connectivity index (χ1) is 28.7. The molecule has 3 aromatic rings. The van der Waals surface area contributed by atoms with Gasteiger partial charge in [-0.1, -0.05) is 6.58 Å². The van der Waals surface area contributed by atoms with Gasteiger partial charge in [0.15, 0.2) is 23.3 Å². The molecule has 2 saturated heterocycles. The number of hydrogen-bond donors (Lipinski definition) is 7. The molecule has 2 amide bonds. The number of β-amino-alcohol motifs (C(OH)–C–C–N with tert-alkyl or cyclic N) is 2. The van der Waals surface area contributed by atoms with E-state index in [1.807, 2.05) is 4.90 Å². The van der Waals surface area contributed by atoms with E-state index in [-0.39, 0.29) is 57.0 Å². The van der Waals surface area contributed by atoms with Crippen molar-refractivity contribution in [3.8, 4) is 5.88 Å². The Balaban J connectivity index is 1.18. The number of anilines is 3. The molecule has 0 radical (unpaired) electrons. The molecule has 23 nitrogen and oxygen atoms in total. The van der Waals surface area contributed by atoms with Crippen molar-refractivity contribution >= 4 is 52.4 Å². The van der Waals surface area contributed by atoms with Crippen molar-refractivity contribution in [2.45, 2.75) is 31.5 Å². The Hall–Kier alpha value is -5.53. The number of imidazole rings is 1. The van der Waals surface area contributed by atoms with Crippen LogP contribution in [0.15, 0.2) is 25.2 Å². The van der Waals surface area contributed by atoms with Crippen molar-refractivity contribution in [2.24, 2.45) is 7.05 Å². The molecule has 0 spiro atoms. The number of alkyl halides is 1. The van der Waals surface area contributed by atoms with Crippen LogP contribution in [0.25, 0.3) is 11.2 Å². The predicted molar refractivity (Wildman–Crippen MR) is 214 cm³/mol. The molecule has 5 rings (SSSR count). The Labute approximate surface area is 345 Å². The second kappa shape index (κ2) is 21.6.